The molecule has 0 saturated carbocycles. The topological polar surface area (TPSA) is 0 Å². The summed E-state index contributed by atoms with van der Waals surface area (Å²) in [7, 11) is -1.73. The lowest BCUT2D eigenvalue weighted by atomic mass is 10.6. The van der Waals surface area contributed by atoms with Crippen molar-refractivity contribution in [3.8, 4) is 0 Å². The van der Waals surface area contributed by atoms with Gasteiger partial charge in [-0.1, -0.05) is 12.2 Å². The second-order valence-electron chi connectivity index (χ2n) is 1.88. The smallest absolute Gasteiger partial charge is 0.129 e. The average Bonchev–Trinajstić information content (AvgIpc) is 2.36. The van der Waals surface area contributed by atoms with Gasteiger partial charge in [0.05, 0.1) is 0 Å². The van der Waals surface area contributed by atoms with Crippen LogP contribution in [0.25, 0.3) is 0 Å². The van der Waals surface area contributed by atoms with E-state index in [1.807, 2.05) is 0 Å². The van der Waals surface area contributed by atoms with E-state index in [4.69, 9.17) is 0 Å². The Labute approximate surface area is 54.6 Å². The van der Waals surface area contributed by atoms with Gasteiger partial charge in [0.2, 0.25) is 0 Å². The van der Waals surface area contributed by atoms with Gasteiger partial charge >= 0.3 is 0 Å². The molecule has 52 valence electrons. The molecule has 0 bridgehead atoms. The van der Waals surface area contributed by atoms with Crippen molar-refractivity contribution in [2.24, 2.45) is 0 Å². The first-order chi connectivity index (χ1) is 4.33. The monoisotopic (exact) mass is 150 g/mol. The van der Waals surface area contributed by atoms with Gasteiger partial charge in [0, 0.05) is 0 Å². The zero-order valence-corrected chi connectivity index (χ0v) is 5.70. The van der Waals surface area contributed by atoms with Crippen LogP contribution < -0.4 is 0 Å². The maximum Gasteiger partial charge on any atom is 0.129 e. The minimum absolute atomic E-state index is 0.559. The van der Waals surface area contributed by atoms with Crippen molar-refractivity contribution in [3.63, 3.8) is 0 Å². The van der Waals surface area contributed by atoms with Crippen molar-refractivity contribution in [1.29, 1.82) is 0 Å². The summed E-state index contributed by atoms with van der Waals surface area (Å²) in [4.78, 5) is 0. The highest BCUT2D eigenvalue weighted by atomic mass is 32.3. The van der Waals surface area contributed by atoms with Crippen LogP contribution in [0.2, 0.25) is 0 Å². The largest absolute Gasteiger partial charge is 0.240 e. The third kappa shape index (κ3) is 1.15. The van der Waals surface area contributed by atoms with Gasteiger partial charge in [0.15, 0.2) is 0 Å². The van der Waals surface area contributed by atoms with Crippen LogP contribution >= 0.6 is 10.0 Å². The van der Waals surface area contributed by atoms with Crippen LogP contribution in [-0.2, 0) is 0 Å². The highest BCUT2D eigenvalue weighted by Crippen LogP contribution is 2.53. The molecule has 0 N–H and O–H groups in total. The van der Waals surface area contributed by atoms with Crippen molar-refractivity contribution in [2.75, 3.05) is 12.0 Å². The van der Waals surface area contributed by atoms with Gasteiger partial charge in [-0.3, -0.25) is 0 Å². The van der Waals surface area contributed by atoms with Crippen LogP contribution in [0.4, 0.5) is 8.78 Å². The second-order valence-corrected chi connectivity index (χ2v) is 4.88. The summed E-state index contributed by atoms with van der Waals surface area (Å²) < 4.78 is 24.1. The summed E-state index contributed by atoms with van der Waals surface area (Å²) in [6.07, 6.45) is 3.41. The summed E-state index contributed by atoms with van der Waals surface area (Å²) in [5, 5.41) is 3.26. The van der Waals surface area contributed by atoms with E-state index >= 15 is 0 Å². The van der Waals surface area contributed by atoms with Crippen LogP contribution in [0.15, 0.2) is 23.0 Å². The van der Waals surface area contributed by atoms with Gasteiger partial charge in [-0.15, -0.1) is 10.0 Å². The molecular weight excluding hydrogens is 142 g/mol. The highest BCUT2D eigenvalue weighted by molar-refractivity contribution is 8.38. The van der Waals surface area contributed by atoms with E-state index in [2.05, 4.69) is 0 Å². The Morgan fingerprint density at radius 2 is 1.44 bits per heavy atom. The summed E-state index contributed by atoms with van der Waals surface area (Å²) in [6, 6.07) is -1.12. The lowest BCUT2D eigenvalue weighted by Gasteiger charge is -2.22. The molecule has 0 saturated heterocycles. The van der Waals surface area contributed by atoms with E-state index < -0.39 is 22.0 Å². The molecule has 0 spiro atoms. The molecule has 0 amide bonds. The zero-order valence-electron chi connectivity index (χ0n) is 4.89. The number of hydrogen-bond acceptors (Lipinski definition) is 0. The molecular formula is C6H8F2S. The Morgan fingerprint density at radius 1 is 1.00 bits per heavy atom. The molecule has 0 aromatic carbocycles. The van der Waals surface area contributed by atoms with E-state index in [1.54, 1.807) is 23.0 Å². The lowest BCUT2D eigenvalue weighted by Crippen LogP contribution is -1.93. The normalized spacial score (nSPS) is 24.7. The third-order valence-electron chi connectivity index (χ3n) is 1.22. The SMILES string of the molecule is FCS1(CF)C=CC=C1. The fourth-order valence-electron chi connectivity index (χ4n) is 0.624. The van der Waals surface area contributed by atoms with Crippen LogP contribution in [0.3, 0.4) is 0 Å². The Kier molecular flexibility index (Phi) is 1.90. The molecule has 0 unspecified atom stereocenters. The van der Waals surface area contributed by atoms with E-state index in [-0.39, 0.29) is 0 Å². The molecule has 9 heavy (non-hydrogen) atoms. The Morgan fingerprint density at radius 3 is 1.67 bits per heavy atom. The maximum absolute atomic E-state index is 12.0. The summed E-state index contributed by atoms with van der Waals surface area (Å²) in [5.74, 6) is 0. The second kappa shape index (κ2) is 2.52. The van der Waals surface area contributed by atoms with Crippen LogP contribution in [0, 0.1) is 0 Å². The third-order valence-corrected chi connectivity index (χ3v) is 3.43. The molecule has 1 heterocycles. The number of halogens is 2. The number of hydrogen-bond donors (Lipinski definition) is 0. The molecule has 0 radical (unpaired) electrons. The maximum atomic E-state index is 12.0. The van der Waals surface area contributed by atoms with Crippen LogP contribution in [0.1, 0.15) is 0 Å². The van der Waals surface area contributed by atoms with Gasteiger partial charge in [-0.2, -0.15) is 0 Å². The zero-order chi connectivity index (χ0) is 6.74. The molecule has 0 nitrogen and oxygen atoms in total. The molecule has 0 fully saturated rings. The highest BCUT2D eigenvalue weighted by Gasteiger charge is 2.18. The minimum atomic E-state index is -1.73. The summed E-state index contributed by atoms with van der Waals surface area (Å²) >= 11 is 0. The molecule has 1 rings (SSSR count). The Hall–Kier alpha value is -0.310. The Bertz CT molecular complexity index is 133. The first-order valence-corrected chi connectivity index (χ1v) is 4.68. The summed E-state index contributed by atoms with van der Waals surface area (Å²) in [5.41, 5.74) is 0. The van der Waals surface area contributed by atoms with E-state index in [1.165, 1.54) is 0 Å². The Balaban J connectivity index is 2.69. The van der Waals surface area contributed by atoms with Gasteiger partial charge < -0.3 is 0 Å². The van der Waals surface area contributed by atoms with Crippen LogP contribution in [-0.4, -0.2) is 12.0 Å². The molecule has 0 aromatic rings. The molecule has 1 aliphatic heterocycles. The predicted octanol–water partition coefficient (Wildman–Crippen LogP) is 2.69. The molecule has 0 aromatic heterocycles. The van der Waals surface area contributed by atoms with Crippen molar-refractivity contribution < 1.29 is 8.78 Å². The number of allylic oxidation sites excluding steroid dienone is 2. The van der Waals surface area contributed by atoms with Gasteiger partial charge in [0.25, 0.3) is 0 Å². The van der Waals surface area contributed by atoms with Gasteiger partial charge in [-0.05, 0) is 10.8 Å². The van der Waals surface area contributed by atoms with Gasteiger partial charge in [-0.25, -0.2) is 8.78 Å². The molecule has 1 aliphatic rings. The predicted molar refractivity (Wildman–Crippen MR) is 37.8 cm³/mol. The van der Waals surface area contributed by atoms with Crippen molar-refractivity contribution in [1.82, 2.24) is 0 Å². The van der Waals surface area contributed by atoms with E-state index in [0.717, 1.165) is 0 Å². The first kappa shape index (κ1) is 6.81. The fourth-order valence-corrected chi connectivity index (χ4v) is 1.87. The van der Waals surface area contributed by atoms with Gasteiger partial charge in [0.1, 0.15) is 12.0 Å². The number of alkyl halides is 2. The molecule has 0 aliphatic carbocycles. The standard InChI is InChI=1S/C6H8F2S/c7-5-9(6-8)3-1-2-4-9/h1-4H,5-6H2. The van der Waals surface area contributed by atoms with E-state index in [9.17, 15) is 8.78 Å². The van der Waals surface area contributed by atoms with E-state index in [0.29, 0.717) is 0 Å². The first-order valence-electron chi connectivity index (χ1n) is 2.58. The van der Waals surface area contributed by atoms with Crippen LogP contribution in [0.5, 0.6) is 0 Å². The molecule has 3 heteroatoms. The average molecular weight is 150 g/mol. The molecule has 0 atom stereocenters. The lowest BCUT2D eigenvalue weighted by molar-refractivity contribution is 0.572. The minimum Gasteiger partial charge on any atom is -0.240 e. The van der Waals surface area contributed by atoms with Crippen molar-refractivity contribution in [3.05, 3.63) is 23.0 Å². The summed E-state index contributed by atoms with van der Waals surface area (Å²) in [6.45, 7) is 0. The number of rotatable bonds is 2. The quantitative estimate of drug-likeness (QED) is 0.567. The fraction of sp³-hybridized carbons (Fsp3) is 0.333. The van der Waals surface area contributed by atoms with Crippen molar-refractivity contribution in [2.45, 2.75) is 0 Å². The van der Waals surface area contributed by atoms with Crippen molar-refractivity contribution >= 4 is 10.0 Å².